The molecule has 0 bridgehead atoms. The zero-order valence-corrected chi connectivity index (χ0v) is 14.9. The van der Waals surface area contributed by atoms with Gasteiger partial charge < -0.3 is 9.15 Å². The van der Waals surface area contributed by atoms with Gasteiger partial charge in [0.2, 0.25) is 5.89 Å². The Bertz CT molecular complexity index is 883. The van der Waals surface area contributed by atoms with Crippen LogP contribution in [0.25, 0.3) is 11.5 Å². The number of benzene rings is 1. The van der Waals surface area contributed by atoms with Crippen molar-refractivity contribution in [1.82, 2.24) is 14.8 Å². The molecule has 0 spiro atoms. The van der Waals surface area contributed by atoms with Crippen LogP contribution in [0.1, 0.15) is 31.4 Å². The molecule has 0 N–H and O–H groups in total. The van der Waals surface area contributed by atoms with Crippen molar-refractivity contribution < 1.29 is 23.5 Å². The van der Waals surface area contributed by atoms with Gasteiger partial charge in [-0.3, -0.25) is 14.5 Å². The Morgan fingerprint density at radius 2 is 1.81 bits per heavy atom. The molecule has 4 rings (SSSR count). The first-order valence-corrected chi connectivity index (χ1v) is 8.86. The Kier molecular flexibility index (Phi) is 4.39. The highest BCUT2D eigenvalue weighted by Gasteiger charge is 2.48. The molecule has 0 atom stereocenters. The van der Waals surface area contributed by atoms with Crippen molar-refractivity contribution in [2.24, 2.45) is 0 Å². The van der Waals surface area contributed by atoms with E-state index in [4.69, 9.17) is 9.15 Å². The molecule has 1 aromatic heterocycles. The largest absolute Gasteiger partial charge is 0.497 e. The minimum Gasteiger partial charge on any atom is -0.497 e. The predicted molar refractivity (Wildman–Crippen MR) is 93.5 cm³/mol. The molecule has 2 fully saturated rings. The Labute approximate surface area is 155 Å². The van der Waals surface area contributed by atoms with Gasteiger partial charge in [-0.1, -0.05) is 12.8 Å². The highest BCUT2D eigenvalue weighted by atomic mass is 16.5. The minimum atomic E-state index is -0.805. The zero-order chi connectivity index (χ0) is 19.0. The van der Waals surface area contributed by atoms with E-state index in [0.717, 1.165) is 41.0 Å². The molecule has 2 heterocycles. The summed E-state index contributed by atoms with van der Waals surface area (Å²) in [6.45, 7) is -0.0910. The molecular weight excluding hydrogens is 350 g/mol. The maximum absolute atomic E-state index is 12.6. The smallest absolute Gasteiger partial charge is 0.334 e. The molecule has 2 aromatic rings. The Morgan fingerprint density at radius 3 is 2.48 bits per heavy atom. The van der Waals surface area contributed by atoms with Crippen LogP contribution in [0.5, 0.6) is 5.75 Å². The van der Waals surface area contributed by atoms with Gasteiger partial charge in [-0.15, -0.1) is 0 Å². The van der Waals surface area contributed by atoms with E-state index in [1.54, 1.807) is 31.4 Å². The highest BCUT2D eigenvalue weighted by Crippen LogP contribution is 2.29. The molecule has 4 amide bonds. The summed E-state index contributed by atoms with van der Waals surface area (Å²) in [7, 11) is 1.58. The van der Waals surface area contributed by atoms with Crippen molar-refractivity contribution >= 4 is 17.8 Å². The highest BCUT2D eigenvalue weighted by molar-refractivity contribution is 6.44. The molecule has 1 saturated carbocycles. The second-order valence-electron chi connectivity index (χ2n) is 6.66. The van der Waals surface area contributed by atoms with Crippen LogP contribution in [-0.4, -0.2) is 45.8 Å². The predicted octanol–water partition coefficient (Wildman–Crippen LogP) is 2.58. The van der Waals surface area contributed by atoms with Gasteiger partial charge in [-0.05, 0) is 37.1 Å². The van der Waals surface area contributed by atoms with Gasteiger partial charge in [0.1, 0.15) is 12.0 Å². The van der Waals surface area contributed by atoms with Gasteiger partial charge >= 0.3 is 17.8 Å². The SMILES string of the molecule is COc1ccc(-c2nc(CN3C(=O)C(=O)N(C4CCCC4)C3=O)co2)cc1. The number of ether oxygens (including phenoxy) is 1. The van der Waals surface area contributed by atoms with Crippen molar-refractivity contribution in [3.63, 3.8) is 0 Å². The number of aromatic nitrogens is 1. The number of rotatable bonds is 5. The summed E-state index contributed by atoms with van der Waals surface area (Å²) in [5.41, 5.74) is 1.15. The van der Waals surface area contributed by atoms with Gasteiger partial charge in [-0.2, -0.15) is 0 Å². The summed E-state index contributed by atoms with van der Waals surface area (Å²) in [6, 6.07) is 6.42. The number of carbonyl (C=O) groups excluding carboxylic acids is 3. The van der Waals surface area contributed by atoms with E-state index in [2.05, 4.69) is 4.98 Å². The fourth-order valence-electron chi connectivity index (χ4n) is 3.55. The maximum atomic E-state index is 12.6. The number of hydrogen-bond acceptors (Lipinski definition) is 6. The van der Waals surface area contributed by atoms with E-state index in [1.807, 2.05) is 0 Å². The first-order chi connectivity index (χ1) is 13.1. The Hall–Kier alpha value is -3.16. The fraction of sp³-hybridized carbons (Fsp3) is 0.368. The molecule has 1 aliphatic heterocycles. The van der Waals surface area contributed by atoms with Gasteiger partial charge in [0, 0.05) is 11.6 Å². The summed E-state index contributed by atoms with van der Waals surface area (Å²) in [4.78, 5) is 43.5. The van der Waals surface area contributed by atoms with Crippen LogP contribution >= 0.6 is 0 Å². The Balaban J connectivity index is 1.50. The van der Waals surface area contributed by atoms with Crippen LogP contribution in [0.2, 0.25) is 0 Å². The number of carbonyl (C=O) groups is 3. The third kappa shape index (κ3) is 3.07. The molecule has 0 unspecified atom stereocenters. The molecule has 1 saturated heterocycles. The molecule has 27 heavy (non-hydrogen) atoms. The lowest BCUT2D eigenvalue weighted by molar-refractivity contribution is -0.144. The van der Waals surface area contributed by atoms with Crippen LogP contribution in [0.3, 0.4) is 0 Å². The minimum absolute atomic E-state index is 0.0910. The number of oxazole rings is 1. The summed E-state index contributed by atoms with van der Waals surface area (Å²) in [5, 5.41) is 0. The van der Waals surface area contributed by atoms with E-state index >= 15 is 0 Å². The third-order valence-corrected chi connectivity index (χ3v) is 4.98. The molecule has 0 radical (unpaired) electrons. The molecule has 140 valence electrons. The van der Waals surface area contributed by atoms with Crippen LogP contribution in [0.15, 0.2) is 34.9 Å². The monoisotopic (exact) mass is 369 g/mol. The first-order valence-electron chi connectivity index (χ1n) is 8.86. The number of nitrogens with zero attached hydrogens (tertiary/aromatic N) is 3. The summed E-state index contributed by atoms with van der Waals surface area (Å²) in [6.07, 6.45) is 4.83. The standard InChI is InChI=1S/C19H19N3O5/c1-26-15-8-6-12(7-9-15)16-20-13(11-27-16)10-21-17(23)18(24)22(19(21)25)14-4-2-3-5-14/h6-9,11,14H,2-5,10H2,1H3. The van der Waals surface area contributed by atoms with E-state index in [-0.39, 0.29) is 12.6 Å². The Morgan fingerprint density at radius 1 is 1.11 bits per heavy atom. The third-order valence-electron chi connectivity index (χ3n) is 4.98. The van der Waals surface area contributed by atoms with Gasteiger partial charge in [-0.25, -0.2) is 14.7 Å². The van der Waals surface area contributed by atoms with Gasteiger partial charge in [0.05, 0.1) is 19.3 Å². The molecule has 1 aliphatic carbocycles. The van der Waals surface area contributed by atoms with Crippen LogP contribution in [0.4, 0.5) is 4.79 Å². The lowest BCUT2D eigenvalue weighted by Crippen LogP contribution is -2.39. The summed E-state index contributed by atoms with van der Waals surface area (Å²) >= 11 is 0. The van der Waals surface area contributed by atoms with Crippen molar-refractivity contribution in [3.8, 4) is 17.2 Å². The second kappa shape index (κ2) is 6.86. The first kappa shape index (κ1) is 17.3. The van der Waals surface area contributed by atoms with E-state index in [9.17, 15) is 14.4 Å². The number of hydrogen-bond donors (Lipinski definition) is 0. The lowest BCUT2D eigenvalue weighted by Gasteiger charge is -2.20. The summed E-state index contributed by atoms with van der Waals surface area (Å²) in [5.74, 6) is -0.471. The average molecular weight is 369 g/mol. The maximum Gasteiger partial charge on any atom is 0.334 e. The van der Waals surface area contributed by atoms with Crippen LogP contribution in [0, 0.1) is 0 Å². The van der Waals surface area contributed by atoms with Gasteiger partial charge in [0.15, 0.2) is 0 Å². The number of methoxy groups -OCH3 is 1. The van der Waals surface area contributed by atoms with Crippen molar-refractivity contribution in [2.75, 3.05) is 7.11 Å². The van der Waals surface area contributed by atoms with E-state index < -0.39 is 17.8 Å². The number of imide groups is 2. The molecule has 2 aliphatic rings. The summed E-state index contributed by atoms with van der Waals surface area (Å²) < 4.78 is 10.6. The molecule has 8 heteroatoms. The molecular formula is C19H19N3O5. The number of amides is 4. The van der Waals surface area contributed by atoms with Crippen molar-refractivity contribution in [2.45, 2.75) is 38.3 Å². The van der Waals surface area contributed by atoms with Crippen LogP contribution < -0.4 is 4.74 Å². The average Bonchev–Trinajstić information content (AvgIpc) is 3.41. The second-order valence-corrected chi connectivity index (χ2v) is 6.66. The van der Waals surface area contributed by atoms with Crippen molar-refractivity contribution in [3.05, 3.63) is 36.2 Å². The van der Waals surface area contributed by atoms with E-state index in [1.165, 1.54) is 6.26 Å². The van der Waals surface area contributed by atoms with Crippen LogP contribution in [-0.2, 0) is 16.1 Å². The lowest BCUT2D eigenvalue weighted by atomic mass is 10.2. The quantitative estimate of drug-likeness (QED) is 0.594. The van der Waals surface area contributed by atoms with E-state index in [0.29, 0.717) is 17.3 Å². The normalized spacial score (nSPS) is 18.0. The zero-order valence-electron chi connectivity index (χ0n) is 14.9. The van der Waals surface area contributed by atoms with Gasteiger partial charge in [0.25, 0.3) is 0 Å². The molecule has 1 aromatic carbocycles. The van der Waals surface area contributed by atoms with Crippen molar-refractivity contribution in [1.29, 1.82) is 0 Å². The number of urea groups is 1. The molecule has 8 nitrogen and oxygen atoms in total. The topological polar surface area (TPSA) is 93.0 Å². The fourth-order valence-corrected chi connectivity index (χ4v) is 3.55.